The summed E-state index contributed by atoms with van der Waals surface area (Å²) in [6, 6.07) is 13.9. The van der Waals surface area contributed by atoms with Crippen LogP contribution in [0.1, 0.15) is 76.3 Å². The number of thioether (sulfide) groups is 2. The molecule has 2 aromatic carbocycles. The van der Waals surface area contributed by atoms with Gasteiger partial charge in [0.2, 0.25) is 0 Å². The number of aryl methyl sites for hydroxylation is 2. The fourth-order valence-electron chi connectivity index (χ4n) is 3.66. The van der Waals surface area contributed by atoms with E-state index >= 15 is 0 Å². The Morgan fingerprint density at radius 1 is 0.645 bits per heavy atom. The van der Waals surface area contributed by atoms with Crippen LogP contribution in [-0.4, -0.2) is 0 Å². The molecule has 0 aliphatic rings. The van der Waals surface area contributed by atoms with Gasteiger partial charge in [-0.1, -0.05) is 101 Å². The van der Waals surface area contributed by atoms with Crippen LogP contribution >= 0.6 is 35.3 Å². The minimum Gasteiger partial charge on any atom is -0.0984 e. The summed E-state index contributed by atoms with van der Waals surface area (Å²) in [4.78, 5) is 5.37. The van der Waals surface area contributed by atoms with E-state index in [1.54, 1.807) is 23.5 Å². The SMILES string of the molecule is C=CSc1ccc(Sc2ccc(SC=C)c(CCCCCC)c2)cc1CCCCCC. The lowest BCUT2D eigenvalue weighted by Crippen LogP contribution is -1.92. The molecule has 2 rings (SSSR count). The van der Waals surface area contributed by atoms with Crippen molar-refractivity contribution in [1.29, 1.82) is 0 Å². The number of hydrogen-bond donors (Lipinski definition) is 0. The molecule has 0 N–H and O–H groups in total. The summed E-state index contributed by atoms with van der Waals surface area (Å²) >= 11 is 5.38. The Labute approximate surface area is 203 Å². The number of hydrogen-bond acceptors (Lipinski definition) is 3. The van der Waals surface area contributed by atoms with Crippen molar-refractivity contribution in [3.05, 3.63) is 71.5 Å². The molecule has 0 aliphatic carbocycles. The monoisotopic (exact) mass is 470 g/mol. The standard InChI is InChI=1S/C28H38S3/c1-5-9-11-13-15-23-21-25(17-19-27(23)29-7-3)31-26-18-20-28(30-8-4)24(22-26)16-14-12-10-6-2/h7-8,17-22H,3-6,9-16H2,1-2H3. The smallest absolute Gasteiger partial charge is 0.0148 e. The number of unbranched alkanes of at least 4 members (excludes halogenated alkanes) is 6. The van der Waals surface area contributed by atoms with Crippen LogP contribution in [0, 0.1) is 0 Å². The topological polar surface area (TPSA) is 0 Å². The third-order valence-corrected chi connectivity index (χ3v) is 7.94. The van der Waals surface area contributed by atoms with Gasteiger partial charge in [-0.05, 0) is 84.0 Å². The van der Waals surface area contributed by atoms with Gasteiger partial charge in [-0.2, -0.15) is 0 Å². The van der Waals surface area contributed by atoms with E-state index < -0.39 is 0 Å². The zero-order valence-corrected chi connectivity index (χ0v) is 21.8. The van der Waals surface area contributed by atoms with Gasteiger partial charge < -0.3 is 0 Å². The second-order valence-electron chi connectivity index (χ2n) is 7.83. The Hall–Kier alpha value is -1.03. The molecule has 0 saturated heterocycles. The Bertz CT molecular complexity index is 742. The van der Waals surface area contributed by atoms with Crippen molar-refractivity contribution in [3.8, 4) is 0 Å². The maximum Gasteiger partial charge on any atom is 0.0148 e. The van der Waals surface area contributed by atoms with E-state index in [1.807, 2.05) is 22.6 Å². The van der Waals surface area contributed by atoms with Gasteiger partial charge in [0.25, 0.3) is 0 Å². The predicted molar refractivity (Wildman–Crippen MR) is 145 cm³/mol. The van der Waals surface area contributed by atoms with Gasteiger partial charge in [-0.3, -0.25) is 0 Å². The summed E-state index contributed by atoms with van der Waals surface area (Å²) in [6.07, 6.45) is 12.7. The second-order valence-corrected chi connectivity index (χ2v) is 11.0. The number of rotatable bonds is 16. The normalized spacial score (nSPS) is 10.9. The van der Waals surface area contributed by atoms with Crippen molar-refractivity contribution < 1.29 is 0 Å². The van der Waals surface area contributed by atoms with Crippen molar-refractivity contribution in [1.82, 2.24) is 0 Å². The molecule has 168 valence electrons. The molecule has 31 heavy (non-hydrogen) atoms. The van der Waals surface area contributed by atoms with E-state index in [4.69, 9.17) is 0 Å². The average Bonchev–Trinajstić information content (AvgIpc) is 2.77. The highest BCUT2D eigenvalue weighted by molar-refractivity contribution is 8.02. The molecule has 0 unspecified atom stereocenters. The maximum absolute atomic E-state index is 3.91. The van der Waals surface area contributed by atoms with E-state index in [9.17, 15) is 0 Å². The largest absolute Gasteiger partial charge is 0.0984 e. The number of benzene rings is 2. The summed E-state index contributed by atoms with van der Waals surface area (Å²) in [5.41, 5.74) is 2.93. The van der Waals surface area contributed by atoms with Crippen LogP contribution in [0.2, 0.25) is 0 Å². The van der Waals surface area contributed by atoms with Crippen LogP contribution < -0.4 is 0 Å². The maximum atomic E-state index is 3.91. The third kappa shape index (κ3) is 9.55. The quantitative estimate of drug-likeness (QED) is 0.177. The van der Waals surface area contributed by atoms with Gasteiger partial charge >= 0.3 is 0 Å². The van der Waals surface area contributed by atoms with Crippen molar-refractivity contribution in [2.75, 3.05) is 0 Å². The average molecular weight is 471 g/mol. The van der Waals surface area contributed by atoms with Gasteiger partial charge in [-0.25, -0.2) is 0 Å². The first kappa shape index (κ1) is 26.2. The molecule has 0 spiro atoms. The van der Waals surface area contributed by atoms with Crippen LogP contribution in [0.4, 0.5) is 0 Å². The van der Waals surface area contributed by atoms with Crippen molar-refractivity contribution in [3.63, 3.8) is 0 Å². The Morgan fingerprint density at radius 2 is 1.10 bits per heavy atom. The van der Waals surface area contributed by atoms with Gasteiger partial charge in [0, 0.05) is 19.6 Å². The first-order chi connectivity index (χ1) is 15.2. The summed E-state index contributed by atoms with van der Waals surface area (Å²) < 4.78 is 0. The van der Waals surface area contributed by atoms with Gasteiger partial charge in [0.1, 0.15) is 0 Å². The molecule has 0 fully saturated rings. The van der Waals surface area contributed by atoms with Crippen LogP contribution in [0.15, 0.2) is 80.0 Å². The zero-order valence-electron chi connectivity index (χ0n) is 19.3. The molecule has 0 nitrogen and oxygen atoms in total. The third-order valence-electron chi connectivity index (χ3n) is 5.32. The molecule has 0 aromatic heterocycles. The zero-order chi connectivity index (χ0) is 22.3. The van der Waals surface area contributed by atoms with E-state index in [-0.39, 0.29) is 0 Å². The predicted octanol–water partition coefficient (Wildman–Crippen LogP) is 10.6. The second kappa shape index (κ2) is 15.7. The summed E-state index contributed by atoms with van der Waals surface area (Å²) in [5, 5.41) is 3.89. The van der Waals surface area contributed by atoms with E-state index in [2.05, 4.69) is 63.4 Å². The van der Waals surface area contributed by atoms with Gasteiger partial charge in [0.15, 0.2) is 0 Å². The first-order valence-electron chi connectivity index (χ1n) is 11.7. The van der Waals surface area contributed by atoms with Crippen LogP contribution in [0.5, 0.6) is 0 Å². The first-order valence-corrected chi connectivity index (χ1v) is 14.3. The van der Waals surface area contributed by atoms with Crippen molar-refractivity contribution in [2.24, 2.45) is 0 Å². The molecule has 0 radical (unpaired) electrons. The van der Waals surface area contributed by atoms with Crippen LogP contribution in [-0.2, 0) is 12.8 Å². The van der Waals surface area contributed by atoms with Gasteiger partial charge in [0.05, 0.1) is 0 Å². The molecule has 0 amide bonds. The van der Waals surface area contributed by atoms with Gasteiger partial charge in [-0.15, -0.1) is 0 Å². The van der Waals surface area contributed by atoms with E-state index in [0.29, 0.717) is 0 Å². The van der Waals surface area contributed by atoms with E-state index in [0.717, 1.165) is 12.8 Å². The molecular formula is C28H38S3. The summed E-state index contributed by atoms with van der Waals surface area (Å²) in [6.45, 7) is 12.4. The molecule has 0 heterocycles. The lowest BCUT2D eigenvalue weighted by atomic mass is 10.1. The minimum absolute atomic E-state index is 1.15. The highest BCUT2D eigenvalue weighted by Gasteiger charge is 2.08. The highest BCUT2D eigenvalue weighted by Crippen LogP contribution is 2.36. The van der Waals surface area contributed by atoms with Crippen molar-refractivity contribution in [2.45, 2.75) is 97.6 Å². The molecule has 0 saturated carbocycles. The van der Waals surface area contributed by atoms with Crippen LogP contribution in [0.25, 0.3) is 0 Å². The summed E-state index contributed by atoms with van der Waals surface area (Å²) in [7, 11) is 0. The Balaban J connectivity index is 2.15. The molecule has 0 aliphatic heterocycles. The van der Waals surface area contributed by atoms with Crippen molar-refractivity contribution >= 4 is 35.3 Å². The van der Waals surface area contributed by atoms with E-state index in [1.165, 1.54) is 82.1 Å². The minimum atomic E-state index is 1.15. The highest BCUT2D eigenvalue weighted by atomic mass is 32.2. The molecule has 0 atom stereocenters. The van der Waals surface area contributed by atoms with Crippen LogP contribution in [0.3, 0.4) is 0 Å². The Morgan fingerprint density at radius 3 is 1.48 bits per heavy atom. The lowest BCUT2D eigenvalue weighted by Gasteiger charge is -2.12. The summed E-state index contributed by atoms with van der Waals surface area (Å²) in [5.74, 6) is 0. The fourth-order valence-corrected chi connectivity index (χ4v) is 5.88. The molecule has 3 heteroatoms. The molecular weight excluding hydrogens is 433 g/mol. The molecule has 2 aromatic rings. The Kier molecular flexibility index (Phi) is 13.3. The lowest BCUT2D eigenvalue weighted by molar-refractivity contribution is 0.663. The molecule has 0 bridgehead atoms. The fraction of sp³-hybridized carbons (Fsp3) is 0.429.